The first-order valence-corrected chi connectivity index (χ1v) is 14.9. The maximum absolute atomic E-state index is 15.3. The molecule has 12 heteroatoms. The third kappa shape index (κ3) is 6.46. The molecule has 3 aliphatic heterocycles. The molecule has 0 radical (unpaired) electrons. The number of nitrogens with zero attached hydrogens (tertiary/aromatic N) is 5. The molecule has 0 unspecified atom stereocenters. The van der Waals surface area contributed by atoms with Crippen molar-refractivity contribution in [3.63, 3.8) is 0 Å². The number of morpholine rings is 1. The van der Waals surface area contributed by atoms with Gasteiger partial charge in [0.1, 0.15) is 34.6 Å². The smallest absolute Gasteiger partial charge is 0.245 e. The number of aromatic nitrogens is 1. The second-order valence-corrected chi connectivity index (χ2v) is 11.2. The van der Waals surface area contributed by atoms with E-state index < -0.39 is 5.82 Å². The lowest BCUT2D eigenvalue weighted by Gasteiger charge is -2.32. The van der Waals surface area contributed by atoms with Crippen molar-refractivity contribution < 1.29 is 23.4 Å². The number of nitrogens with one attached hydrogen (secondary N) is 1. The van der Waals surface area contributed by atoms with Crippen LogP contribution in [-0.4, -0.2) is 79.9 Å². The van der Waals surface area contributed by atoms with Crippen molar-refractivity contribution in [3.8, 4) is 17.2 Å². The van der Waals surface area contributed by atoms with Crippen LogP contribution in [0.4, 0.5) is 27.3 Å². The van der Waals surface area contributed by atoms with Crippen molar-refractivity contribution in [1.82, 2.24) is 9.88 Å². The Morgan fingerprint density at radius 1 is 1.18 bits per heavy atom. The molecule has 3 fully saturated rings. The molecule has 3 aliphatic rings. The molecule has 3 N–H and O–H groups in total. The Morgan fingerprint density at radius 3 is 2.64 bits per heavy atom. The molecule has 11 nitrogen and oxygen atoms in total. The lowest BCUT2D eigenvalue weighted by Crippen LogP contribution is -2.41. The molecule has 0 spiro atoms. The first-order chi connectivity index (χ1) is 21.8. The van der Waals surface area contributed by atoms with E-state index in [-0.39, 0.29) is 29.6 Å². The Morgan fingerprint density at radius 2 is 1.98 bits per heavy atom. The number of amidine groups is 1. The number of pyridine rings is 1. The second-order valence-electron chi connectivity index (χ2n) is 11.2. The number of aliphatic imine (C=N–C) groups is 2. The molecule has 2 bridgehead atoms. The predicted octanol–water partition coefficient (Wildman–Crippen LogP) is 4.96. The normalized spacial score (nSPS) is 19.8. The van der Waals surface area contributed by atoms with Crippen molar-refractivity contribution in [2.75, 3.05) is 43.6 Å². The number of rotatable bonds is 10. The van der Waals surface area contributed by atoms with Crippen LogP contribution in [0.25, 0.3) is 0 Å². The maximum atomic E-state index is 15.3. The molecule has 4 heterocycles. The number of anilines is 2. The summed E-state index contributed by atoms with van der Waals surface area (Å²) in [6.07, 6.45) is 5.76. The molecule has 3 aromatic rings. The van der Waals surface area contributed by atoms with E-state index in [1.54, 1.807) is 42.5 Å². The Kier molecular flexibility index (Phi) is 8.65. The van der Waals surface area contributed by atoms with Gasteiger partial charge in [-0.25, -0.2) is 14.4 Å². The van der Waals surface area contributed by atoms with Crippen LogP contribution in [0.15, 0.2) is 71.3 Å². The molecule has 234 valence electrons. The highest BCUT2D eigenvalue weighted by Gasteiger charge is 2.39. The molecule has 6 rings (SSSR count). The van der Waals surface area contributed by atoms with Crippen LogP contribution in [0.3, 0.4) is 0 Å². The van der Waals surface area contributed by atoms with Gasteiger partial charge in [-0.15, -0.1) is 0 Å². The minimum Gasteiger partial charge on any atom is -0.495 e. The summed E-state index contributed by atoms with van der Waals surface area (Å²) in [5, 5.41) is 3.49. The second kappa shape index (κ2) is 12.9. The van der Waals surface area contributed by atoms with Crippen LogP contribution in [0, 0.1) is 5.82 Å². The molecule has 0 saturated carbocycles. The Hall–Kier alpha value is -4.97. The van der Waals surface area contributed by atoms with Gasteiger partial charge in [-0.05, 0) is 56.3 Å². The standard InChI is InChI=1S/C33H36FN7O4/c1-4-32(42)40-11-8-20(9-12-40)38-29-16-25(28(36-2)17-30(29)43-3)33(35)39-27-6-5-22(14-26(27)34)45-23-7-10-37-31(15-23)41-18-24-13-21(41)19-44-24/h4-7,10,14-17,20-21,24,38H,1-2,8-9,11-13,18-19H2,3H3,(H2,35,39)/t21-,24-/m0/s1. The van der Waals surface area contributed by atoms with Gasteiger partial charge in [0.25, 0.3) is 0 Å². The molecule has 45 heavy (non-hydrogen) atoms. The number of methoxy groups -OCH3 is 1. The van der Waals surface area contributed by atoms with Crippen LogP contribution >= 0.6 is 0 Å². The number of halogens is 1. The Labute approximate surface area is 261 Å². The first kappa shape index (κ1) is 30.1. The molecule has 1 aromatic heterocycles. The zero-order valence-electron chi connectivity index (χ0n) is 25.1. The number of likely N-dealkylation sites (tertiary alicyclic amines) is 1. The molecular formula is C33H36FN7O4. The Balaban J connectivity index is 1.18. The van der Waals surface area contributed by atoms with Crippen molar-refractivity contribution in [2.24, 2.45) is 15.7 Å². The van der Waals surface area contributed by atoms with Crippen molar-refractivity contribution in [3.05, 3.63) is 72.7 Å². The zero-order valence-corrected chi connectivity index (χ0v) is 25.1. The average molecular weight is 614 g/mol. The fourth-order valence-corrected chi connectivity index (χ4v) is 6.05. The highest BCUT2D eigenvalue weighted by atomic mass is 19.1. The average Bonchev–Trinajstić information content (AvgIpc) is 3.70. The van der Waals surface area contributed by atoms with Crippen LogP contribution in [0.1, 0.15) is 24.8 Å². The molecule has 1 amide bonds. The van der Waals surface area contributed by atoms with Gasteiger partial charge in [0, 0.05) is 55.6 Å². The fraction of sp³-hybridized carbons (Fsp3) is 0.333. The molecule has 2 aromatic carbocycles. The van der Waals surface area contributed by atoms with Gasteiger partial charge in [0.15, 0.2) is 5.82 Å². The fourth-order valence-electron chi connectivity index (χ4n) is 6.05. The van der Waals surface area contributed by atoms with Gasteiger partial charge in [0.05, 0.1) is 37.2 Å². The van der Waals surface area contributed by atoms with Crippen molar-refractivity contribution >= 4 is 41.3 Å². The summed E-state index contributed by atoms with van der Waals surface area (Å²) in [5.74, 6) is 1.62. The number of hydrogen-bond donors (Lipinski definition) is 2. The largest absolute Gasteiger partial charge is 0.495 e. The van der Waals surface area contributed by atoms with Crippen molar-refractivity contribution in [2.45, 2.75) is 37.5 Å². The highest BCUT2D eigenvalue weighted by Crippen LogP contribution is 2.36. The van der Waals surface area contributed by atoms with Crippen LogP contribution in [-0.2, 0) is 9.53 Å². The van der Waals surface area contributed by atoms with Gasteiger partial charge in [-0.2, -0.15) is 0 Å². The van der Waals surface area contributed by atoms with Gasteiger partial charge in [-0.3, -0.25) is 9.79 Å². The van der Waals surface area contributed by atoms with Crippen LogP contribution in [0.2, 0.25) is 0 Å². The van der Waals surface area contributed by atoms with Crippen molar-refractivity contribution in [1.29, 1.82) is 0 Å². The highest BCUT2D eigenvalue weighted by molar-refractivity contribution is 6.04. The topological polar surface area (TPSA) is 127 Å². The summed E-state index contributed by atoms with van der Waals surface area (Å²) in [5.41, 5.74) is 8.06. The number of carbonyl (C=O) groups is 1. The van der Waals surface area contributed by atoms with E-state index in [4.69, 9.17) is 19.9 Å². The summed E-state index contributed by atoms with van der Waals surface area (Å²) in [7, 11) is 1.56. The summed E-state index contributed by atoms with van der Waals surface area (Å²) in [6, 6.07) is 11.9. The number of ether oxygens (including phenoxy) is 3. The quantitative estimate of drug-likeness (QED) is 0.187. The van der Waals surface area contributed by atoms with E-state index >= 15 is 4.39 Å². The van der Waals surface area contributed by atoms with E-state index in [1.165, 1.54) is 18.2 Å². The monoisotopic (exact) mass is 613 g/mol. The first-order valence-electron chi connectivity index (χ1n) is 14.9. The lowest BCUT2D eigenvalue weighted by molar-refractivity contribution is -0.126. The number of amides is 1. The van der Waals surface area contributed by atoms with Gasteiger partial charge in [0.2, 0.25) is 5.91 Å². The summed E-state index contributed by atoms with van der Waals surface area (Å²) in [6.45, 7) is 9.96. The van der Waals surface area contributed by atoms with Crippen LogP contribution in [0.5, 0.6) is 17.2 Å². The zero-order chi connectivity index (χ0) is 31.5. The van der Waals surface area contributed by atoms with Gasteiger partial charge < -0.3 is 35.1 Å². The van der Waals surface area contributed by atoms with E-state index in [2.05, 4.69) is 38.5 Å². The predicted molar refractivity (Wildman–Crippen MR) is 172 cm³/mol. The maximum Gasteiger partial charge on any atom is 0.245 e. The molecule has 0 aliphatic carbocycles. The Bertz CT molecular complexity index is 1640. The van der Waals surface area contributed by atoms with Gasteiger partial charge >= 0.3 is 0 Å². The number of fused-ring (bicyclic) bond motifs is 2. The van der Waals surface area contributed by atoms with E-state index in [1.807, 2.05) is 6.07 Å². The van der Waals surface area contributed by atoms with E-state index in [0.29, 0.717) is 59.9 Å². The molecule has 3 saturated heterocycles. The third-order valence-electron chi connectivity index (χ3n) is 8.41. The summed E-state index contributed by atoms with van der Waals surface area (Å²) < 4.78 is 32.5. The number of piperidine rings is 1. The third-order valence-corrected chi connectivity index (χ3v) is 8.41. The molecule has 2 atom stereocenters. The molecular weight excluding hydrogens is 577 g/mol. The minimum atomic E-state index is -0.598. The number of carbonyl (C=O) groups excluding carboxylic acids is 1. The van der Waals surface area contributed by atoms with E-state index in [9.17, 15) is 4.79 Å². The number of nitrogens with two attached hydrogens (primary N) is 1. The minimum absolute atomic E-state index is 0.0444. The van der Waals surface area contributed by atoms with E-state index in [0.717, 1.165) is 31.6 Å². The summed E-state index contributed by atoms with van der Waals surface area (Å²) >= 11 is 0. The van der Waals surface area contributed by atoms with Crippen LogP contribution < -0.4 is 25.4 Å². The number of benzene rings is 2. The number of hydrogen-bond acceptors (Lipinski definition) is 9. The lowest BCUT2D eigenvalue weighted by atomic mass is 10.0. The summed E-state index contributed by atoms with van der Waals surface area (Å²) in [4.78, 5) is 28.9. The SMILES string of the molecule is C=CC(=O)N1CCC(Nc2cc(C(N)=Nc3ccc(Oc4ccnc(N5C[C@@H]6C[C@H]5CO6)c4)cc3F)c(N=C)cc2OC)CC1. The van der Waals surface area contributed by atoms with Gasteiger partial charge in [-0.1, -0.05) is 6.58 Å².